The molecule has 27 heavy (non-hydrogen) atoms. The third-order valence-electron chi connectivity index (χ3n) is 3.53. The van der Waals surface area contributed by atoms with Crippen molar-refractivity contribution in [3.05, 3.63) is 64.0 Å². The molecule has 1 amide bonds. The number of para-hydroxylation sites is 1. The van der Waals surface area contributed by atoms with Gasteiger partial charge >= 0.3 is 0 Å². The third-order valence-corrected chi connectivity index (χ3v) is 4.29. The Morgan fingerprint density at radius 3 is 2.85 bits per heavy atom. The van der Waals surface area contributed by atoms with Crippen molar-refractivity contribution in [1.29, 1.82) is 0 Å². The Balaban J connectivity index is 1.61. The normalized spacial score (nSPS) is 10.3. The van der Waals surface area contributed by atoms with Gasteiger partial charge in [-0.25, -0.2) is 4.98 Å². The quantitative estimate of drug-likeness (QED) is 0.491. The second-order valence-corrected chi connectivity index (χ2v) is 6.19. The highest BCUT2D eigenvalue weighted by Crippen LogP contribution is 2.31. The number of nitro benzene ring substituents is 1. The summed E-state index contributed by atoms with van der Waals surface area (Å²) in [5.74, 6) is 0.519. The van der Waals surface area contributed by atoms with Crippen LogP contribution >= 0.6 is 11.3 Å². The molecule has 0 aliphatic heterocycles. The number of ether oxygens (including phenoxy) is 2. The maximum absolute atomic E-state index is 12.0. The van der Waals surface area contributed by atoms with Gasteiger partial charge in [-0.3, -0.25) is 20.2 Å². The number of nitrogens with zero attached hydrogens (tertiary/aromatic N) is 2. The van der Waals surface area contributed by atoms with Crippen LogP contribution in [0.4, 0.5) is 10.8 Å². The van der Waals surface area contributed by atoms with Crippen LogP contribution in [0.3, 0.4) is 0 Å². The molecule has 0 aliphatic carbocycles. The number of nitrogens with one attached hydrogen (secondary N) is 1. The van der Waals surface area contributed by atoms with Crippen LogP contribution in [0.5, 0.6) is 11.5 Å². The minimum atomic E-state index is -0.526. The topological polar surface area (TPSA) is 104 Å². The molecule has 8 nitrogen and oxygen atoms in total. The lowest BCUT2D eigenvalue weighted by molar-refractivity contribution is -0.384. The smallest absolute Gasteiger partial charge is 0.273 e. The number of hydrogen-bond acceptors (Lipinski definition) is 7. The van der Waals surface area contributed by atoms with E-state index in [0.29, 0.717) is 16.6 Å². The van der Waals surface area contributed by atoms with Crippen LogP contribution in [0.25, 0.3) is 11.3 Å². The Kier molecular flexibility index (Phi) is 5.62. The van der Waals surface area contributed by atoms with E-state index in [9.17, 15) is 14.9 Å². The molecule has 0 spiro atoms. The fourth-order valence-electron chi connectivity index (χ4n) is 2.30. The average molecular weight is 385 g/mol. The first-order chi connectivity index (χ1) is 13.1. The lowest BCUT2D eigenvalue weighted by Crippen LogP contribution is -2.20. The summed E-state index contributed by atoms with van der Waals surface area (Å²) in [7, 11) is 1.58. The van der Waals surface area contributed by atoms with Gasteiger partial charge < -0.3 is 9.47 Å². The van der Waals surface area contributed by atoms with Crippen LogP contribution in [-0.2, 0) is 4.79 Å². The number of benzene rings is 2. The van der Waals surface area contributed by atoms with Crippen molar-refractivity contribution in [2.45, 2.75) is 0 Å². The van der Waals surface area contributed by atoms with E-state index in [2.05, 4.69) is 10.3 Å². The van der Waals surface area contributed by atoms with Gasteiger partial charge in [0.05, 0.1) is 23.8 Å². The van der Waals surface area contributed by atoms with E-state index in [1.807, 2.05) is 29.6 Å². The maximum Gasteiger partial charge on any atom is 0.273 e. The van der Waals surface area contributed by atoms with Crippen molar-refractivity contribution in [3.8, 4) is 22.8 Å². The molecule has 1 N–H and O–H groups in total. The second-order valence-electron chi connectivity index (χ2n) is 5.33. The minimum Gasteiger partial charge on any atom is -0.496 e. The monoisotopic (exact) mass is 385 g/mol. The van der Waals surface area contributed by atoms with Crippen molar-refractivity contribution >= 4 is 28.1 Å². The zero-order chi connectivity index (χ0) is 19.2. The number of amides is 1. The molecule has 9 heteroatoms. The lowest BCUT2D eigenvalue weighted by Gasteiger charge is -2.06. The van der Waals surface area contributed by atoms with Crippen LogP contribution in [0.1, 0.15) is 0 Å². The highest BCUT2D eigenvalue weighted by Gasteiger charge is 2.12. The van der Waals surface area contributed by atoms with Crippen LogP contribution in [0.2, 0.25) is 0 Å². The average Bonchev–Trinajstić information content (AvgIpc) is 3.14. The van der Waals surface area contributed by atoms with Crippen molar-refractivity contribution in [2.75, 3.05) is 19.0 Å². The number of anilines is 1. The molecule has 1 aromatic heterocycles. The second kappa shape index (κ2) is 8.28. The molecule has 138 valence electrons. The summed E-state index contributed by atoms with van der Waals surface area (Å²) >= 11 is 1.28. The molecule has 2 aromatic carbocycles. The van der Waals surface area contributed by atoms with Gasteiger partial charge in [0.2, 0.25) is 0 Å². The van der Waals surface area contributed by atoms with Gasteiger partial charge in [0.15, 0.2) is 11.7 Å². The Morgan fingerprint density at radius 2 is 2.07 bits per heavy atom. The number of carbonyl (C=O) groups excluding carboxylic acids is 1. The molecule has 0 saturated heterocycles. The first-order valence-corrected chi connectivity index (χ1v) is 8.71. The maximum atomic E-state index is 12.0. The van der Waals surface area contributed by atoms with Gasteiger partial charge in [-0.1, -0.05) is 18.2 Å². The largest absolute Gasteiger partial charge is 0.496 e. The Morgan fingerprint density at radius 1 is 1.26 bits per heavy atom. The molecule has 3 rings (SSSR count). The number of aromatic nitrogens is 1. The number of hydrogen-bond donors (Lipinski definition) is 1. The third kappa shape index (κ3) is 4.59. The van der Waals surface area contributed by atoms with Gasteiger partial charge in [0.1, 0.15) is 11.5 Å². The molecule has 3 aromatic rings. The summed E-state index contributed by atoms with van der Waals surface area (Å²) in [5.41, 5.74) is 1.41. The summed E-state index contributed by atoms with van der Waals surface area (Å²) in [6.07, 6.45) is 0. The zero-order valence-corrected chi connectivity index (χ0v) is 15.1. The highest BCUT2D eigenvalue weighted by atomic mass is 32.1. The molecule has 0 unspecified atom stereocenters. The minimum absolute atomic E-state index is 0.103. The predicted octanol–water partition coefficient (Wildman–Crippen LogP) is 3.74. The van der Waals surface area contributed by atoms with Gasteiger partial charge in [-0.15, -0.1) is 11.3 Å². The number of carbonyl (C=O) groups is 1. The lowest BCUT2D eigenvalue weighted by atomic mass is 10.1. The molecule has 1 heterocycles. The Hall–Kier alpha value is -3.46. The summed E-state index contributed by atoms with van der Waals surface area (Å²) in [4.78, 5) is 26.7. The Bertz CT molecular complexity index is 973. The SMILES string of the molecule is COc1ccccc1-c1csc(NC(=O)COc2cccc([N+](=O)[O-])c2)n1. The number of thiazole rings is 1. The first kappa shape index (κ1) is 18.3. The summed E-state index contributed by atoms with van der Waals surface area (Å²) in [5, 5.41) is 15.6. The van der Waals surface area contributed by atoms with E-state index in [0.717, 1.165) is 5.56 Å². The molecule has 0 atom stereocenters. The summed E-state index contributed by atoms with van der Waals surface area (Å²) in [6.45, 7) is -0.287. The molecule has 0 radical (unpaired) electrons. The fourth-order valence-corrected chi connectivity index (χ4v) is 3.03. The van der Waals surface area contributed by atoms with E-state index in [1.54, 1.807) is 13.2 Å². The van der Waals surface area contributed by atoms with Crippen molar-refractivity contribution in [3.63, 3.8) is 0 Å². The van der Waals surface area contributed by atoms with Crippen LogP contribution in [-0.4, -0.2) is 29.5 Å². The van der Waals surface area contributed by atoms with Crippen molar-refractivity contribution in [2.24, 2.45) is 0 Å². The summed E-state index contributed by atoms with van der Waals surface area (Å²) in [6, 6.07) is 13.1. The summed E-state index contributed by atoms with van der Waals surface area (Å²) < 4.78 is 10.6. The van der Waals surface area contributed by atoms with Crippen LogP contribution < -0.4 is 14.8 Å². The Labute approximate surface area is 158 Å². The molecule has 0 bridgehead atoms. The molecule has 0 saturated carbocycles. The highest BCUT2D eigenvalue weighted by molar-refractivity contribution is 7.14. The molecule has 0 fully saturated rings. The number of nitro groups is 1. The van der Waals surface area contributed by atoms with Crippen LogP contribution in [0, 0.1) is 10.1 Å². The number of rotatable bonds is 7. The van der Waals surface area contributed by atoms with Gasteiger partial charge in [-0.05, 0) is 18.2 Å². The van der Waals surface area contributed by atoms with E-state index >= 15 is 0 Å². The number of methoxy groups -OCH3 is 1. The van der Waals surface area contributed by atoms with E-state index in [4.69, 9.17) is 9.47 Å². The van der Waals surface area contributed by atoms with E-state index < -0.39 is 10.8 Å². The van der Waals surface area contributed by atoms with Gasteiger partial charge in [0, 0.05) is 17.0 Å². The van der Waals surface area contributed by atoms with E-state index in [-0.39, 0.29) is 18.0 Å². The van der Waals surface area contributed by atoms with Crippen LogP contribution in [0.15, 0.2) is 53.9 Å². The van der Waals surface area contributed by atoms with E-state index in [1.165, 1.54) is 29.5 Å². The first-order valence-electron chi connectivity index (χ1n) is 7.83. The standard InChI is InChI=1S/C18H15N3O5S/c1-25-16-8-3-2-7-14(16)15-11-27-18(19-15)20-17(22)10-26-13-6-4-5-12(9-13)21(23)24/h2-9,11H,10H2,1H3,(H,19,20,22). The van der Waals surface area contributed by atoms with Gasteiger partial charge in [0.25, 0.3) is 11.6 Å². The fraction of sp³-hybridized carbons (Fsp3) is 0.111. The molecule has 0 aliphatic rings. The zero-order valence-electron chi connectivity index (χ0n) is 14.2. The van der Waals surface area contributed by atoms with Crippen molar-refractivity contribution in [1.82, 2.24) is 4.98 Å². The molecular formula is C18H15N3O5S. The van der Waals surface area contributed by atoms with Crippen molar-refractivity contribution < 1.29 is 19.2 Å². The number of non-ortho nitro benzene ring substituents is 1. The van der Waals surface area contributed by atoms with Gasteiger partial charge in [-0.2, -0.15) is 0 Å². The molecular weight excluding hydrogens is 370 g/mol. The predicted molar refractivity (Wildman–Crippen MR) is 101 cm³/mol.